The zero-order chi connectivity index (χ0) is 24.8. The van der Waals surface area contributed by atoms with Gasteiger partial charge in [-0.2, -0.15) is 27.2 Å². The first-order valence-electron chi connectivity index (χ1n) is 9.80. The molecule has 3 heterocycles. The van der Waals surface area contributed by atoms with E-state index in [0.717, 1.165) is 42.0 Å². The predicted molar refractivity (Wildman–Crippen MR) is 109 cm³/mol. The highest BCUT2D eigenvalue weighted by Crippen LogP contribution is 2.47. The van der Waals surface area contributed by atoms with Gasteiger partial charge in [0.15, 0.2) is 17.2 Å². The topological polar surface area (TPSA) is 101 Å². The standard InChI is InChI=1S/C20H18F5N5O4/c1-33-16-13(4-3-10(21)15(16)22)29-9-19(34-2,20(23,24)25)7-14(29)17(31)28-11-8-27-30-12(11)5-6-26-18(30)32/h3-6,8,14H,7,9H2,1-2H3,(H,26,32)(H,28,31)/t14-,19+/m0/s1. The zero-order valence-electron chi connectivity index (χ0n) is 17.7. The number of carbonyl (C=O) groups is 1. The highest BCUT2D eigenvalue weighted by molar-refractivity contribution is 6.00. The van der Waals surface area contributed by atoms with Gasteiger partial charge in [0.05, 0.1) is 36.7 Å². The molecule has 0 saturated carbocycles. The fraction of sp³-hybridized carbons (Fsp3) is 0.350. The van der Waals surface area contributed by atoms with E-state index in [4.69, 9.17) is 9.47 Å². The number of carbonyl (C=O) groups excluding carboxylic acids is 1. The van der Waals surface area contributed by atoms with Crippen molar-refractivity contribution in [2.24, 2.45) is 0 Å². The summed E-state index contributed by atoms with van der Waals surface area (Å²) < 4.78 is 80.8. The molecule has 0 aliphatic carbocycles. The van der Waals surface area contributed by atoms with E-state index in [9.17, 15) is 31.5 Å². The summed E-state index contributed by atoms with van der Waals surface area (Å²) in [4.78, 5) is 28.4. The van der Waals surface area contributed by atoms with Crippen LogP contribution in [0.3, 0.4) is 0 Å². The number of halogens is 5. The molecule has 182 valence electrons. The molecule has 1 aliphatic rings. The van der Waals surface area contributed by atoms with Crippen molar-refractivity contribution in [3.8, 4) is 5.75 Å². The summed E-state index contributed by atoms with van der Waals surface area (Å²) in [5.41, 5.74) is -3.37. The molecule has 2 aromatic heterocycles. The van der Waals surface area contributed by atoms with Crippen LogP contribution in [0.4, 0.5) is 33.3 Å². The lowest BCUT2D eigenvalue weighted by molar-refractivity contribution is -0.261. The lowest BCUT2D eigenvalue weighted by atomic mass is 9.99. The maximum atomic E-state index is 14.3. The number of benzene rings is 1. The van der Waals surface area contributed by atoms with Crippen molar-refractivity contribution in [1.29, 1.82) is 0 Å². The van der Waals surface area contributed by atoms with E-state index < -0.39 is 59.8 Å². The number of H-pyrrole nitrogens is 1. The second-order valence-electron chi connectivity index (χ2n) is 7.59. The molecule has 4 rings (SSSR count). The molecule has 1 aromatic carbocycles. The van der Waals surface area contributed by atoms with Crippen LogP contribution in [0, 0.1) is 11.6 Å². The van der Waals surface area contributed by atoms with Crippen molar-refractivity contribution in [1.82, 2.24) is 14.6 Å². The highest BCUT2D eigenvalue weighted by atomic mass is 19.4. The zero-order valence-corrected chi connectivity index (χ0v) is 17.7. The third kappa shape index (κ3) is 3.63. The molecule has 1 amide bonds. The number of amides is 1. The van der Waals surface area contributed by atoms with Gasteiger partial charge in [0.1, 0.15) is 6.04 Å². The monoisotopic (exact) mass is 487 g/mol. The molecule has 1 aliphatic heterocycles. The molecule has 34 heavy (non-hydrogen) atoms. The number of aromatic nitrogens is 3. The van der Waals surface area contributed by atoms with Gasteiger partial charge >= 0.3 is 11.9 Å². The van der Waals surface area contributed by atoms with Crippen LogP contribution >= 0.6 is 0 Å². The summed E-state index contributed by atoms with van der Waals surface area (Å²) in [7, 11) is 1.88. The van der Waals surface area contributed by atoms with Gasteiger partial charge in [0.2, 0.25) is 11.7 Å². The molecule has 0 radical (unpaired) electrons. The lowest BCUT2D eigenvalue weighted by Crippen LogP contribution is -2.49. The Bertz CT molecular complexity index is 1310. The number of aromatic amines is 1. The van der Waals surface area contributed by atoms with Crippen LogP contribution < -0.4 is 20.6 Å². The van der Waals surface area contributed by atoms with Crippen LogP contribution in [-0.2, 0) is 9.53 Å². The molecule has 14 heteroatoms. The highest BCUT2D eigenvalue weighted by Gasteiger charge is 2.63. The molecule has 2 N–H and O–H groups in total. The van der Waals surface area contributed by atoms with Crippen molar-refractivity contribution >= 4 is 22.8 Å². The van der Waals surface area contributed by atoms with Crippen molar-refractivity contribution in [2.45, 2.75) is 24.2 Å². The normalized spacial score (nSPS) is 20.7. The van der Waals surface area contributed by atoms with Crippen molar-refractivity contribution < 1.29 is 36.2 Å². The van der Waals surface area contributed by atoms with E-state index in [0.29, 0.717) is 0 Å². The van der Waals surface area contributed by atoms with Crippen molar-refractivity contribution in [2.75, 3.05) is 31.0 Å². The van der Waals surface area contributed by atoms with E-state index in [1.54, 1.807) is 0 Å². The molecule has 0 spiro atoms. The Morgan fingerprint density at radius 3 is 2.65 bits per heavy atom. The SMILES string of the molecule is COc1c(N2C[C@@](OC)(C(F)(F)F)C[C@H]2C(=O)Nc2cnn3c(=O)[nH]ccc23)ccc(F)c1F. The number of nitrogens with zero attached hydrogens (tertiary/aromatic N) is 3. The fourth-order valence-electron chi connectivity index (χ4n) is 4.02. The molecule has 2 atom stereocenters. The lowest BCUT2D eigenvalue weighted by Gasteiger charge is -2.31. The van der Waals surface area contributed by atoms with E-state index in [-0.39, 0.29) is 16.9 Å². The number of hydrogen-bond acceptors (Lipinski definition) is 6. The average molecular weight is 487 g/mol. The van der Waals surface area contributed by atoms with Crippen LogP contribution in [0.5, 0.6) is 5.75 Å². The first-order chi connectivity index (χ1) is 16.0. The molecular weight excluding hydrogens is 469 g/mol. The minimum absolute atomic E-state index is 0.0650. The average Bonchev–Trinajstić information content (AvgIpc) is 3.39. The number of hydrogen-bond donors (Lipinski definition) is 2. The van der Waals surface area contributed by atoms with Gasteiger partial charge in [-0.25, -0.2) is 9.18 Å². The Hall–Kier alpha value is -3.68. The number of anilines is 2. The molecule has 1 saturated heterocycles. The largest absolute Gasteiger partial charge is 0.491 e. The van der Waals surface area contributed by atoms with Gasteiger partial charge < -0.3 is 24.7 Å². The summed E-state index contributed by atoms with van der Waals surface area (Å²) in [6, 6.07) is 1.65. The number of fused-ring (bicyclic) bond motifs is 1. The van der Waals surface area contributed by atoms with Crippen LogP contribution in [0.15, 0.2) is 35.4 Å². The summed E-state index contributed by atoms with van der Waals surface area (Å²) in [5, 5.41) is 6.30. The molecule has 0 bridgehead atoms. The third-order valence-electron chi connectivity index (χ3n) is 5.78. The summed E-state index contributed by atoms with van der Waals surface area (Å²) >= 11 is 0. The third-order valence-corrected chi connectivity index (χ3v) is 5.78. The first-order valence-corrected chi connectivity index (χ1v) is 9.80. The summed E-state index contributed by atoms with van der Waals surface area (Å²) in [6.07, 6.45) is -3.27. The molecule has 1 fully saturated rings. The Morgan fingerprint density at radius 2 is 2.00 bits per heavy atom. The van der Waals surface area contributed by atoms with Crippen LogP contribution in [-0.4, -0.2) is 59.1 Å². The van der Waals surface area contributed by atoms with Crippen LogP contribution in [0.25, 0.3) is 5.52 Å². The van der Waals surface area contributed by atoms with Crippen molar-refractivity contribution in [3.05, 3.63) is 52.7 Å². The predicted octanol–water partition coefficient (Wildman–Crippen LogP) is 2.47. The maximum absolute atomic E-state index is 14.3. The molecule has 0 unspecified atom stereocenters. The molecular formula is C20H18F5N5O4. The number of nitrogens with one attached hydrogen (secondary N) is 2. The van der Waals surface area contributed by atoms with Crippen molar-refractivity contribution in [3.63, 3.8) is 0 Å². The minimum Gasteiger partial charge on any atom is -0.491 e. The first kappa shape index (κ1) is 23.5. The smallest absolute Gasteiger partial charge is 0.419 e. The number of alkyl halides is 3. The Kier molecular flexibility index (Phi) is 5.71. The molecule has 3 aromatic rings. The van der Waals surface area contributed by atoms with Gasteiger partial charge in [0, 0.05) is 19.7 Å². The Morgan fingerprint density at radius 1 is 1.26 bits per heavy atom. The quantitative estimate of drug-likeness (QED) is 0.537. The van der Waals surface area contributed by atoms with Crippen LogP contribution in [0.2, 0.25) is 0 Å². The van der Waals surface area contributed by atoms with E-state index in [1.165, 1.54) is 12.3 Å². The maximum Gasteiger partial charge on any atom is 0.419 e. The van der Waals surface area contributed by atoms with E-state index in [1.807, 2.05) is 0 Å². The van der Waals surface area contributed by atoms with E-state index in [2.05, 4.69) is 15.4 Å². The second-order valence-corrected chi connectivity index (χ2v) is 7.59. The van der Waals surface area contributed by atoms with Gasteiger partial charge in [-0.05, 0) is 18.2 Å². The van der Waals surface area contributed by atoms with Crippen LogP contribution in [0.1, 0.15) is 6.42 Å². The summed E-state index contributed by atoms with van der Waals surface area (Å²) in [6.45, 7) is -0.888. The van der Waals surface area contributed by atoms with Gasteiger partial charge in [-0.1, -0.05) is 0 Å². The minimum atomic E-state index is -4.89. The van der Waals surface area contributed by atoms with Gasteiger partial charge in [-0.15, -0.1) is 0 Å². The summed E-state index contributed by atoms with van der Waals surface area (Å²) in [5.74, 6) is -4.26. The molecule has 9 nitrogen and oxygen atoms in total. The number of ether oxygens (including phenoxy) is 2. The second kappa shape index (κ2) is 8.27. The number of rotatable bonds is 5. The number of methoxy groups -OCH3 is 2. The Balaban J connectivity index is 1.77. The van der Waals surface area contributed by atoms with E-state index >= 15 is 0 Å². The van der Waals surface area contributed by atoms with Gasteiger partial charge in [-0.3, -0.25) is 4.79 Å². The fourth-order valence-corrected chi connectivity index (χ4v) is 4.02. The van der Waals surface area contributed by atoms with Gasteiger partial charge in [0.25, 0.3) is 0 Å². The Labute approximate surface area is 188 Å².